The van der Waals surface area contributed by atoms with E-state index < -0.39 is 35.0 Å². The van der Waals surface area contributed by atoms with E-state index in [1.54, 1.807) is 20.0 Å². The maximum atomic E-state index is 12.7. The molecule has 1 saturated heterocycles. The molecular weight excluding hydrogens is 286 g/mol. The average molecular weight is 305 g/mol. The normalized spacial score (nSPS) is 32.7. The second kappa shape index (κ2) is 4.46. The van der Waals surface area contributed by atoms with Gasteiger partial charge in [0.1, 0.15) is 5.75 Å². The molecule has 4 atom stereocenters. The number of aliphatic carboxylic acids is 1. The summed E-state index contributed by atoms with van der Waals surface area (Å²) in [5.74, 6) is -2.63. The predicted octanol–water partition coefficient (Wildman–Crippen LogP) is 1.19. The van der Waals surface area contributed by atoms with Gasteiger partial charge in [-0.2, -0.15) is 0 Å². The van der Waals surface area contributed by atoms with Crippen LogP contribution in [0.25, 0.3) is 0 Å². The number of rotatable bonds is 2. The van der Waals surface area contributed by atoms with E-state index in [4.69, 9.17) is 4.74 Å². The number of nitrogens with zero attached hydrogens (tertiary/aromatic N) is 1. The summed E-state index contributed by atoms with van der Waals surface area (Å²) in [7, 11) is 1.58. The van der Waals surface area contributed by atoms with Gasteiger partial charge in [0.05, 0.1) is 5.92 Å². The first-order valence-corrected chi connectivity index (χ1v) is 7.20. The molecule has 22 heavy (non-hydrogen) atoms. The van der Waals surface area contributed by atoms with Crippen LogP contribution < -0.4 is 4.74 Å². The number of fused-ring (bicyclic) bond motifs is 4. The third-order valence-corrected chi connectivity index (χ3v) is 4.99. The maximum Gasteiger partial charge on any atom is 0.336 e. The van der Waals surface area contributed by atoms with Crippen LogP contribution in [0.5, 0.6) is 5.75 Å². The lowest BCUT2D eigenvalue weighted by Crippen LogP contribution is -2.66. The highest BCUT2D eigenvalue weighted by Gasteiger charge is 2.59. The lowest BCUT2D eigenvalue weighted by atomic mass is 9.67. The molecule has 0 saturated carbocycles. The number of carbonyl (C=O) groups excluding carboxylic acids is 1. The fourth-order valence-electron chi connectivity index (χ4n) is 3.56. The van der Waals surface area contributed by atoms with Crippen LogP contribution in [-0.4, -0.2) is 45.4 Å². The van der Waals surface area contributed by atoms with Crippen molar-refractivity contribution < 1.29 is 24.5 Å². The van der Waals surface area contributed by atoms with Crippen LogP contribution in [0.15, 0.2) is 24.3 Å². The first-order chi connectivity index (χ1) is 10.2. The van der Waals surface area contributed by atoms with Crippen LogP contribution in [-0.2, 0) is 9.59 Å². The van der Waals surface area contributed by atoms with E-state index >= 15 is 0 Å². The Balaban J connectivity index is 2.18. The Hall–Kier alpha value is -2.08. The zero-order valence-corrected chi connectivity index (χ0v) is 12.7. The number of carbonyl (C=O) groups is 2. The number of carboxylic acid groups (broad SMARTS) is 1. The molecule has 3 rings (SSSR count). The zero-order chi connectivity index (χ0) is 16.3. The highest BCUT2D eigenvalue weighted by Crippen LogP contribution is 2.52. The van der Waals surface area contributed by atoms with Crippen molar-refractivity contribution in [2.24, 2.45) is 5.92 Å². The largest absolute Gasteiger partial charge is 0.479 e. The first kappa shape index (κ1) is 14.8. The van der Waals surface area contributed by atoms with Gasteiger partial charge in [0.2, 0.25) is 5.91 Å². The van der Waals surface area contributed by atoms with Crippen molar-refractivity contribution in [1.29, 1.82) is 0 Å². The quantitative estimate of drug-likeness (QED) is 0.857. The summed E-state index contributed by atoms with van der Waals surface area (Å²) in [6, 6.07) is 7.27. The van der Waals surface area contributed by atoms with Crippen LogP contribution in [0.4, 0.5) is 0 Å². The number of likely N-dealkylation sites (tertiary alicyclic amines) is 1. The van der Waals surface area contributed by atoms with Crippen LogP contribution in [0.1, 0.15) is 31.7 Å². The summed E-state index contributed by atoms with van der Waals surface area (Å²) in [6.07, 6.45) is 0.445. The van der Waals surface area contributed by atoms with Gasteiger partial charge < -0.3 is 19.8 Å². The SMILES string of the molecule is CN1C(=O)C(C(C)(O)C(=O)O)C2CC1(C)Oc1ccccc12. The summed E-state index contributed by atoms with van der Waals surface area (Å²) in [5, 5.41) is 19.8. The third-order valence-electron chi connectivity index (χ3n) is 4.99. The molecule has 2 aliphatic heterocycles. The number of aliphatic hydroxyl groups is 1. The van der Waals surface area contributed by atoms with Crippen molar-refractivity contribution in [2.45, 2.75) is 37.5 Å². The lowest BCUT2D eigenvalue weighted by molar-refractivity contribution is -0.192. The van der Waals surface area contributed by atoms with E-state index in [2.05, 4.69) is 0 Å². The molecule has 6 nitrogen and oxygen atoms in total. The van der Waals surface area contributed by atoms with Gasteiger partial charge in [0.25, 0.3) is 0 Å². The molecule has 4 unspecified atom stereocenters. The Kier molecular flexibility index (Phi) is 3.01. The molecule has 0 radical (unpaired) electrons. The molecule has 2 heterocycles. The van der Waals surface area contributed by atoms with E-state index in [1.807, 2.05) is 18.2 Å². The number of carboxylic acids is 1. The molecule has 2 aliphatic rings. The Bertz CT molecular complexity index is 656. The molecule has 2 bridgehead atoms. The second-order valence-corrected chi connectivity index (χ2v) is 6.45. The predicted molar refractivity (Wildman–Crippen MR) is 77.4 cm³/mol. The molecule has 1 fully saturated rings. The monoisotopic (exact) mass is 305 g/mol. The van der Waals surface area contributed by atoms with Gasteiger partial charge in [-0.1, -0.05) is 18.2 Å². The van der Waals surface area contributed by atoms with Crippen molar-refractivity contribution in [3.05, 3.63) is 29.8 Å². The van der Waals surface area contributed by atoms with Gasteiger partial charge >= 0.3 is 5.97 Å². The molecule has 0 aliphatic carbocycles. The smallest absolute Gasteiger partial charge is 0.336 e. The number of amides is 1. The molecule has 1 aromatic rings. The minimum absolute atomic E-state index is 0.398. The Morgan fingerprint density at radius 3 is 2.73 bits per heavy atom. The number of hydrogen-bond acceptors (Lipinski definition) is 4. The Labute approximate surface area is 128 Å². The highest BCUT2D eigenvalue weighted by molar-refractivity contribution is 5.90. The van der Waals surface area contributed by atoms with Crippen LogP contribution in [0, 0.1) is 5.92 Å². The molecule has 118 valence electrons. The topological polar surface area (TPSA) is 87.1 Å². The van der Waals surface area contributed by atoms with E-state index in [0.717, 1.165) is 5.56 Å². The van der Waals surface area contributed by atoms with Gasteiger partial charge in [0, 0.05) is 19.4 Å². The van der Waals surface area contributed by atoms with Crippen molar-refractivity contribution in [3.63, 3.8) is 0 Å². The number of para-hydroxylation sites is 1. The molecule has 1 aromatic carbocycles. The van der Waals surface area contributed by atoms with Gasteiger partial charge in [0.15, 0.2) is 11.3 Å². The summed E-state index contributed by atoms with van der Waals surface area (Å²) in [4.78, 5) is 25.6. The third kappa shape index (κ3) is 1.83. The minimum Gasteiger partial charge on any atom is -0.479 e. The number of ether oxygens (including phenoxy) is 1. The van der Waals surface area contributed by atoms with Crippen molar-refractivity contribution in [1.82, 2.24) is 4.90 Å². The molecule has 2 N–H and O–H groups in total. The van der Waals surface area contributed by atoms with Gasteiger partial charge in [-0.05, 0) is 25.5 Å². The van der Waals surface area contributed by atoms with Crippen molar-refractivity contribution >= 4 is 11.9 Å². The van der Waals surface area contributed by atoms with Gasteiger partial charge in [-0.3, -0.25) is 4.79 Å². The lowest BCUT2D eigenvalue weighted by Gasteiger charge is -2.53. The summed E-state index contributed by atoms with van der Waals surface area (Å²) < 4.78 is 5.97. The van der Waals surface area contributed by atoms with Crippen LogP contribution >= 0.6 is 0 Å². The summed E-state index contributed by atoms with van der Waals surface area (Å²) >= 11 is 0. The fraction of sp³-hybridized carbons (Fsp3) is 0.500. The van der Waals surface area contributed by atoms with Gasteiger partial charge in [-0.25, -0.2) is 4.79 Å². The number of piperidine rings is 1. The minimum atomic E-state index is -2.14. The zero-order valence-electron chi connectivity index (χ0n) is 12.7. The summed E-state index contributed by atoms with van der Waals surface area (Å²) in [5.41, 5.74) is -2.20. The summed E-state index contributed by atoms with van der Waals surface area (Å²) in [6.45, 7) is 2.99. The van der Waals surface area contributed by atoms with E-state index in [-0.39, 0.29) is 0 Å². The highest BCUT2D eigenvalue weighted by atomic mass is 16.5. The fourth-order valence-corrected chi connectivity index (χ4v) is 3.56. The Morgan fingerprint density at radius 2 is 2.09 bits per heavy atom. The Morgan fingerprint density at radius 1 is 1.45 bits per heavy atom. The number of hydrogen-bond donors (Lipinski definition) is 2. The average Bonchev–Trinajstić information content (AvgIpc) is 2.44. The van der Waals surface area contributed by atoms with Gasteiger partial charge in [-0.15, -0.1) is 0 Å². The maximum absolute atomic E-state index is 12.7. The van der Waals surface area contributed by atoms with E-state index in [9.17, 15) is 19.8 Å². The van der Waals surface area contributed by atoms with Crippen LogP contribution in [0.2, 0.25) is 0 Å². The number of benzene rings is 1. The second-order valence-electron chi connectivity index (χ2n) is 6.45. The standard InChI is InChI=1S/C16H19NO5/c1-15-8-10(9-6-4-5-7-11(9)22-15)12(13(18)17(15)3)16(2,21)14(19)20/h4-7,10,12,21H,8H2,1-3H3,(H,19,20). The van der Waals surface area contributed by atoms with E-state index in [1.165, 1.54) is 11.8 Å². The molecule has 0 aromatic heterocycles. The van der Waals surface area contributed by atoms with Crippen molar-refractivity contribution in [2.75, 3.05) is 7.05 Å². The molecule has 0 spiro atoms. The molecular formula is C16H19NO5. The van der Waals surface area contributed by atoms with E-state index in [0.29, 0.717) is 12.2 Å². The van der Waals surface area contributed by atoms with Crippen LogP contribution in [0.3, 0.4) is 0 Å². The van der Waals surface area contributed by atoms with Crippen molar-refractivity contribution in [3.8, 4) is 5.75 Å². The molecule has 1 amide bonds. The first-order valence-electron chi connectivity index (χ1n) is 7.20. The molecule has 6 heteroatoms.